The molecule has 1 amide bonds. The Balaban J connectivity index is 1.79. The predicted octanol–water partition coefficient (Wildman–Crippen LogP) is 2.35. The van der Waals surface area contributed by atoms with Gasteiger partial charge in [-0.2, -0.15) is 0 Å². The average Bonchev–Trinajstić information content (AvgIpc) is 3.12. The highest BCUT2D eigenvalue weighted by Gasteiger charge is 2.39. The molecule has 1 aliphatic carbocycles. The maximum atomic E-state index is 11.6. The molecule has 120 valence electrons. The van der Waals surface area contributed by atoms with Gasteiger partial charge >= 0.3 is 6.09 Å². The second-order valence-corrected chi connectivity index (χ2v) is 6.36. The molecule has 7 nitrogen and oxygen atoms in total. The zero-order valence-corrected chi connectivity index (χ0v) is 13.0. The molecule has 0 bridgehead atoms. The lowest BCUT2D eigenvalue weighted by molar-refractivity contribution is -0.385. The van der Waals surface area contributed by atoms with Crippen LogP contribution in [0.3, 0.4) is 0 Å². The van der Waals surface area contributed by atoms with Gasteiger partial charge in [0.2, 0.25) is 0 Å². The van der Waals surface area contributed by atoms with E-state index >= 15 is 0 Å². The Morgan fingerprint density at radius 1 is 1.36 bits per heavy atom. The molecule has 0 spiro atoms. The highest BCUT2D eigenvalue weighted by Crippen LogP contribution is 2.24. The van der Waals surface area contributed by atoms with Crippen molar-refractivity contribution in [3.8, 4) is 0 Å². The summed E-state index contributed by atoms with van der Waals surface area (Å²) in [5.41, 5.74) is 0.217. The van der Waals surface area contributed by atoms with E-state index in [0.717, 1.165) is 6.42 Å². The summed E-state index contributed by atoms with van der Waals surface area (Å²) in [5, 5.41) is 16.9. The van der Waals surface area contributed by atoms with Crippen LogP contribution in [0, 0.1) is 10.1 Å². The summed E-state index contributed by atoms with van der Waals surface area (Å²) in [4.78, 5) is 22.2. The SMILES string of the molecule is CC(C)(C)OC(=O)NC1CC1NCc1ccccc1[N+](=O)[O-]. The third-order valence-electron chi connectivity index (χ3n) is 3.24. The Bertz CT molecular complexity index is 568. The summed E-state index contributed by atoms with van der Waals surface area (Å²) in [6.07, 6.45) is 0.354. The summed E-state index contributed by atoms with van der Waals surface area (Å²) in [6.45, 7) is 5.82. The van der Waals surface area contributed by atoms with Gasteiger partial charge in [0, 0.05) is 30.3 Å². The molecule has 0 aromatic heterocycles. The van der Waals surface area contributed by atoms with Crippen molar-refractivity contribution in [2.45, 2.75) is 51.4 Å². The minimum absolute atomic E-state index is 0.0117. The van der Waals surface area contributed by atoms with Crippen LogP contribution in [-0.4, -0.2) is 28.7 Å². The summed E-state index contributed by atoms with van der Waals surface area (Å²) in [6, 6.07) is 6.76. The Labute approximate surface area is 129 Å². The van der Waals surface area contributed by atoms with Crippen LogP contribution in [0.25, 0.3) is 0 Å². The molecule has 1 aliphatic rings. The van der Waals surface area contributed by atoms with E-state index in [4.69, 9.17) is 4.74 Å². The van der Waals surface area contributed by atoms with E-state index in [0.29, 0.717) is 12.1 Å². The first-order valence-electron chi connectivity index (χ1n) is 7.21. The number of rotatable bonds is 5. The number of para-hydroxylation sites is 1. The standard InChI is InChI=1S/C15H21N3O4/c1-15(2,3)22-14(19)17-12-8-11(12)16-9-10-6-4-5-7-13(10)18(20)21/h4-7,11-12,16H,8-9H2,1-3H3,(H,17,19). The number of alkyl carbamates (subject to hydrolysis) is 1. The van der Waals surface area contributed by atoms with Gasteiger partial charge in [-0.3, -0.25) is 10.1 Å². The third-order valence-corrected chi connectivity index (χ3v) is 3.24. The van der Waals surface area contributed by atoms with Crippen molar-refractivity contribution >= 4 is 11.8 Å². The molecule has 7 heteroatoms. The van der Waals surface area contributed by atoms with Crippen LogP contribution < -0.4 is 10.6 Å². The Hall–Kier alpha value is -2.15. The van der Waals surface area contributed by atoms with Gasteiger partial charge in [0.15, 0.2) is 0 Å². The minimum Gasteiger partial charge on any atom is -0.444 e. The zero-order valence-electron chi connectivity index (χ0n) is 13.0. The van der Waals surface area contributed by atoms with E-state index in [1.165, 1.54) is 6.07 Å². The van der Waals surface area contributed by atoms with Crippen molar-refractivity contribution in [3.05, 3.63) is 39.9 Å². The Kier molecular flexibility index (Phi) is 4.65. The monoisotopic (exact) mass is 307 g/mol. The fourth-order valence-electron chi connectivity index (χ4n) is 2.12. The molecule has 1 fully saturated rings. The first kappa shape index (κ1) is 16.2. The molecule has 1 aromatic rings. The fraction of sp³-hybridized carbons (Fsp3) is 0.533. The number of ether oxygens (including phenoxy) is 1. The quantitative estimate of drug-likeness (QED) is 0.643. The average molecular weight is 307 g/mol. The molecule has 0 heterocycles. The molecule has 1 saturated carbocycles. The van der Waals surface area contributed by atoms with Crippen molar-refractivity contribution < 1.29 is 14.5 Å². The van der Waals surface area contributed by atoms with E-state index < -0.39 is 11.7 Å². The smallest absolute Gasteiger partial charge is 0.407 e. The molecule has 0 aliphatic heterocycles. The minimum atomic E-state index is -0.521. The normalized spacial score (nSPS) is 20.3. The number of nitrogens with zero attached hydrogens (tertiary/aromatic N) is 1. The number of nitrogens with one attached hydrogen (secondary N) is 2. The largest absolute Gasteiger partial charge is 0.444 e. The summed E-state index contributed by atoms with van der Waals surface area (Å²) in [7, 11) is 0. The number of carbonyl (C=O) groups is 1. The Morgan fingerprint density at radius 2 is 2.05 bits per heavy atom. The summed E-state index contributed by atoms with van der Waals surface area (Å²) >= 11 is 0. The number of nitro benzene ring substituents is 1. The molecule has 2 atom stereocenters. The fourth-order valence-corrected chi connectivity index (χ4v) is 2.12. The van der Waals surface area contributed by atoms with Crippen LogP contribution in [0.1, 0.15) is 32.8 Å². The summed E-state index contributed by atoms with van der Waals surface area (Å²) < 4.78 is 5.18. The number of carbonyl (C=O) groups excluding carboxylic acids is 1. The van der Waals surface area contributed by atoms with Gasteiger partial charge in [-0.25, -0.2) is 4.79 Å². The number of hydrogen-bond acceptors (Lipinski definition) is 5. The Morgan fingerprint density at radius 3 is 2.68 bits per heavy atom. The molecular weight excluding hydrogens is 286 g/mol. The second-order valence-electron chi connectivity index (χ2n) is 6.36. The van der Waals surface area contributed by atoms with Gasteiger partial charge in [0.25, 0.3) is 5.69 Å². The molecule has 22 heavy (non-hydrogen) atoms. The van der Waals surface area contributed by atoms with Crippen molar-refractivity contribution in [3.63, 3.8) is 0 Å². The van der Waals surface area contributed by atoms with Crippen molar-refractivity contribution in [1.82, 2.24) is 10.6 Å². The molecule has 2 unspecified atom stereocenters. The molecule has 2 N–H and O–H groups in total. The topological polar surface area (TPSA) is 93.5 Å². The van der Waals surface area contributed by atoms with Gasteiger partial charge in [-0.1, -0.05) is 18.2 Å². The van der Waals surface area contributed by atoms with Crippen LogP contribution in [0.15, 0.2) is 24.3 Å². The molecule has 1 aromatic carbocycles. The molecule has 0 radical (unpaired) electrons. The zero-order chi connectivity index (χ0) is 16.3. The lowest BCUT2D eigenvalue weighted by Crippen LogP contribution is -2.36. The maximum Gasteiger partial charge on any atom is 0.407 e. The van der Waals surface area contributed by atoms with Crippen LogP contribution in [0.5, 0.6) is 0 Å². The van der Waals surface area contributed by atoms with Gasteiger partial charge < -0.3 is 15.4 Å². The van der Waals surface area contributed by atoms with E-state index in [2.05, 4.69) is 10.6 Å². The third kappa shape index (κ3) is 4.70. The molecular formula is C15H21N3O4. The van der Waals surface area contributed by atoms with Crippen molar-refractivity contribution in [2.75, 3.05) is 0 Å². The highest BCUT2D eigenvalue weighted by molar-refractivity contribution is 5.68. The van der Waals surface area contributed by atoms with E-state index in [1.54, 1.807) is 18.2 Å². The number of amides is 1. The van der Waals surface area contributed by atoms with Crippen LogP contribution in [0.4, 0.5) is 10.5 Å². The predicted molar refractivity (Wildman–Crippen MR) is 81.5 cm³/mol. The highest BCUT2D eigenvalue weighted by atomic mass is 16.6. The number of nitro groups is 1. The van der Waals surface area contributed by atoms with Crippen LogP contribution in [-0.2, 0) is 11.3 Å². The maximum absolute atomic E-state index is 11.6. The number of benzene rings is 1. The van der Waals surface area contributed by atoms with E-state index in [1.807, 2.05) is 20.8 Å². The first-order chi connectivity index (χ1) is 10.3. The summed E-state index contributed by atoms with van der Waals surface area (Å²) in [5.74, 6) is 0. The van der Waals surface area contributed by atoms with E-state index in [9.17, 15) is 14.9 Å². The van der Waals surface area contributed by atoms with E-state index in [-0.39, 0.29) is 22.7 Å². The van der Waals surface area contributed by atoms with Crippen molar-refractivity contribution in [2.24, 2.45) is 0 Å². The van der Waals surface area contributed by atoms with Crippen LogP contribution in [0.2, 0.25) is 0 Å². The lowest BCUT2D eigenvalue weighted by Gasteiger charge is -2.19. The molecule has 2 rings (SSSR count). The van der Waals surface area contributed by atoms with Gasteiger partial charge in [0.05, 0.1) is 4.92 Å². The second kappa shape index (κ2) is 6.31. The molecule has 0 saturated heterocycles. The van der Waals surface area contributed by atoms with Gasteiger partial charge in [-0.05, 0) is 27.2 Å². The first-order valence-corrected chi connectivity index (χ1v) is 7.21. The lowest BCUT2D eigenvalue weighted by atomic mass is 10.2. The van der Waals surface area contributed by atoms with Gasteiger partial charge in [-0.15, -0.1) is 0 Å². The van der Waals surface area contributed by atoms with Gasteiger partial charge in [0.1, 0.15) is 5.60 Å². The van der Waals surface area contributed by atoms with Crippen molar-refractivity contribution in [1.29, 1.82) is 0 Å². The van der Waals surface area contributed by atoms with Crippen LogP contribution >= 0.6 is 0 Å². The number of hydrogen-bond donors (Lipinski definition) is 2.